The summed E-state index contributed by atoms with van der Waals surface area (Å²) in [7, 11) is 0. The Balaban J connectivity index is 1.04. The van der Waals surface area contributed by atoms with Gasteiger partial charge in [0.15, 0.2) is 17.5 Å². The van der Waals surface area contributed by atoms with Gasteiger partial charge in [0.25, 0.3) is 0 Å². The summed E-state index contributed by atoms with van der Waals surface area (Å²) in [6.07, 6.45) is 9.66. The van der Waals surface area contributed by atoms with Crippen LogP contribution in [0.25, 0.3) is 34.2 Å². The minimum absolute atomic E-state index is 0.198. The fourth-order valence-corrected chi connectivity index (χ4v) is 8.14. The first-order chi connectivity index (χ1) is 31.2. The number of hydrogen-bond acceptors (Lipinski definition) is 6. The number of aromatic nitrogens is 3. The third kappa shape index (κ3) is 8.51. The van der Waals surface area contributed by atoms with Crippen molar-refractivity contribution in [2.45, 2.75) is 12.5 Å². The molecule has 1 aromatic heterocycles. The second-order valence-corrected chi connectivity index (χ2v) is 15.3. The molecule has 302 valence electrons. The summed E-state index contributed by atoms with van der Waals surface area (Å²) in [5.41, 5.74) is 11.3. The number of nitrogens with zero attached hydrogens (tertiary/aromatic N) is 6. The van der Waals surface area contributed by atoms with Crippen molar-refractivity contribution in [2.24, 2.45) is 0 Å². The van der Waals surface area contributed by atoms with Crippen LogP contribution in [0.4, 0.5) is 45.5 Å². The van der Waals surface area contributed by atoms with Gasteiger partial charge in [-0.3, -0.25) is 0 Å². The summed E-state index contributed by atoms with van der Waals surface area (Å²) in [4.78, 5) is 22.4. The molecule has 0 bridgehead atoms. The van der Waals surface area contributed by atoms with E-state index in [0.29, 0.717) is 17.5 Å². The molecule has 0 saturated carbocycles. The smallest absolute Gasteiger partial charge is 0.164 e. The zero-order valence-corrected chi connectivity index (χ0v) is 34.6. The van der Waals surface area contributed by atoms with Crippen LogP contribution < -0.4 is 14.7 Å². The zero-order valence-electron chi connectivity index (χ0n) is 34.6. The molecule has 0 radical (unpaired) electrons. The molecule has 1 aliphatic rings. The largest absolute Gasteiger partial charge is 0.334 e. The Morgan fingerprint density at radius 3 is 0.905 bits per heavy atom. The molecule has 1 unspecified atom stereocenters. The second kappa shape index (κ2) is 18.1. The van der Waals surface area contributed by atoms with Gasteiger partial charge in [-0.05, 0) is 140 Å². The van der Waals surface area contributed by atoms with Crippen LogP contribution in [0.15, 0.2) is 249 Å². The van der Waals surface area contributed by atoms with E-state index in [1.165, 1.54) is 0 Å². The number of rotatable bonds is 12. The quantitative estimate of drug-likeness (QED) is 0.122. The second-order valence-electron chi connectivity index (χ2n) is 15.3. The van der Waals surface area contributed by atoms with Gasteiger partial charge in [0.1, 0.15) is 0 Å². The highest BCUT2D eigenvalue weighted by Crippen LogP contribution is 2.38. The summed E-state index contributed by atoms with van der Waals surface area (Å²) in [6.45, 7) is 0. The Kier molecular flexibility index (Phi) is 11.2. The molecule has 6 nitrogen and oxygen atoms in total. The van der Waals surface area contributed by atoms with Gasteiger partial charge in [-0.2, -0.15) is 0 Å². The monoisotopic (exact) mass is 812 g/mol. The van der Waals surface area contributed by atoms with E-state index < -0.39 is 0 Å². The summed E-state index contributed by atoms with van der Waals surface area (Å²) in [5, 5.41) is 0. The van der Waals surface area contributed by atoms with Crippen LogP contribution in [0.2, 0.25) is 0 Å². The minimum atomic E-state index is 0.198. The highest BCUT2D eigenvalue weighted by atomic mass is 15.2. The maximum Gasteiger partial charge on any atom is 0.164 e. The molecule has 6 heteroatoms. The lowest BCUT2D eigenvalue weighted by Gasteiger charge is -2.32. The van der Waals surface area contributed by atoms with Crippen molar-refractivity contribution in [2.75, 3.05) is 14.7 Å². The first kappa shape index (κ1) is 38.8. The molecular formula is C57H44N6. The van der Waals surface area contributed by atoms with E-state index in [4.69, 9.17) is 15.0 Å². The third-order valence-electron chi connectivity index (χ3n) is 11.2. The SMILES string of the molecule is C1=CCC(N(c2ccccc2)c2ccc(-c3nc(-c4ccc(N(c5ccccc5)c5ccccc5)cc4)nc(-c4ccc(N(c5ccccc5)c5ccccc5)cc4)n3)cc2)C=C1. The predicted molar refractivity (Wildman–Crippen MR) is 261 cm³/mol. The van der Waals surface area contributed by atoms with Crippen LogP contribution in [0, 0.1) is 0 Å². The van der Waals surface area contributed by atoms with Crippen LogP contribution in [-0.2, 0) is 0 Å². The van der Waals surface area contributed by atoms with Gasteiger partial charge < -0.3 is 14.7 Å². The maximum absolute atomic E-state index is 5.16. The normalized spacial score (nSPS) is 13.0. The number of para-hydroxylation sites is 5. The van der Waals surface area contributed by atoms with Crippen molar-refractivity contribution in [3.05, 3.63) is 249 Å². The highest BCUT2D eigenvalue weighted by Gasteiger charge is 2.21. The summed E-state index contributed by atoms with van der Waals surface area (Å²) in [5.74, 6) is 1.80. The first-order valence-corrected chi connectivity index (χ1v) is 21.3. The minimum Gasteiger partial charge on any atom is -0.334 e. The molecule has 63 heavy (non-hydrogen) atoms. The summed E-state index contributed by atoms with van der Waals surface area (Å²) < 4.78 is 0. The van der Waals surface area contributed by atoms with Crippen molar-refractivity contribution in [1.82, 2.24) is 15.0 Å². The molecule has 0 amide bonds. The van der Waals surface area contributed by atoms with Gasteiger partial charge in [0.2, 0.25) is 0 Å². The van der Waals surface area contributed by atoms with Crippen LogP contribution in [0.1, 0.15) is 6.42 Å². The Bertz CT molecular complexity index is 2720. The van der Waals surface area contributed by atoms with Crippen LogP contribution in [0.5, 0.6) is 0 Å². The summed E-state index contributed by atoms with van der Waals surface area (Å²) in [6, 6.07) is 78.0. The molecule has 1 aliphatic carbocycles. The molecule has 0 fully saturated rings. The molecule has 0 spiro atoms. The van der Waals surface area contributed by atoms with Crippen LogP contribution >= 0.6 is 0 Å². The molecule has 8 aromatic carbocycles. The van der Waals surface area contributed by atoms with Gasteiger partial charge in [0, 0.05) is 62.2 Å². The van der Waals surface area contributed by atoms with Crippen LogP contribution in [0.3, 0.4) is 0 Å². The summed E-state index contributed by atoms with van der Waals surface area (Å²) >= 11 is 0. The van der Waals surface area contributed by atoms with Crippen LogP contribution in [-0.4, -0.2) is 21.0 Å². The van der Waals surface area contributed by atoms with E-state index in [1.54, 1.807) is 0 Å². The topological polar surface area (TPSA) is 48.4 Å². The van der Waals surface area contributed by atoms with Crippen molar-refractivity contribution < 1.29 is 0 Å². The molecule has 0 N–H and O–H groups in total. The first-order valence-electron chi connectivity index (χ1n) is 21.3. The van der Waals surface area contributed by atoms with Gasteiger partial charge in [-0.1, -0.05) is 115 Å². The molecule has 0 aliphatic heterocycles. The van der Waals surface area contributed by atoms with E-state index in [0.717, 1.165) is 68.6 Å². The van der Waals surface area contributed by atoms with E-state index >= 15 is 0 Å². The fraction of sp³-hybridized carbons (Fsp3) is 0.0351. The van der Waals surface area contributed by atoms with E-state index in [1.807, 2.05) is 24.3 Å². The molecule has 1 atom stereocenters. The predicted octanol–water partition coefficient (Wildman–Crippen LogP) is 14.8. The van der Waals surface area contributed by atoms with Crippen molar-refractivity contribution >= 4 is 45.5 Å². The third-order valence-corrected chi connectivity index (χ3v) is 11.2. The lowest BCUT2D eigenvalue weighted by Crippen LogP contribution is -2.29. The van der Waals surface area contributed by atoms with Crippen molar-refractivity contribution in [1.29, 1.82) is 0 Å². The van der Waals surface area contributed by atoms with Crippen molar-refractivity contribution in [3.8, 4) is 34.2 Å². The molecule has 10 rings (SSSR count). The van der Waals surface area contributed by atoms with E-state index in [-0.39, 0.29) is 6.04 Å². The van der Waals surface area contributed by atoms with Gasteiger partial charge >= 0.3 is 0 Å². The van der Waals surface area contributed by atoms with Gasteiger partial charge in [-0.25, -0.2) is 15.0 Å². The Hall–Kier alpha value is -8.35. The molecule has 9 aromatic rings. The van der Waals surface area contributed by atoms with Crippen molar-refractivity contribution in [3.63, 3.8) is 0 Å². The average Bonchev–Trinajstić information content (AvgIpc) is 3.37. The average molecular weight is 813 g/mol. The van der Waals surface area contributed by atoms with E-state index in [9.17, 15) is 0 Å². The van der Waals surface area contributed by atoms with Gasteiger partial charge in [-0.15, -0.1) is 0 Å². The van der Waals surface area contributed by atoms with E-state index in [2.05, 4.69) is 239 Å². The Morgan fingerprint density at radius 1 is 0.302 bits per heavy atom. The standard InChI is InChI=1S/C57H44N6/c1-7-19-46(20-8-1)61(47-21-9-2-10-22-47)52-37-31-43(32-38-52)55-58-56(44-33-39-53(40-34-44)62(48-23-11-3-12-24-48)49-25-13-4-14-26-49)60-57(59-55)45-35-41-54(42-36-45)63(50-27-15-5-16-28-50)51-29-17-6-18-30-51/h1-29,31-42,51H,30H2. The highest BCUT2D eigenvalue weighted by molar-refractivity contribution is 5.80. The molecule has 0 saturated heterocycles. The fourth-order valence-electron chi connectivity index (χ4n) is 8.14. The zero-order chi connectivity index (χ0) is 42.2. The Labute approximate surface area is 369 Å². The lowest BCUT2D eigenvalue weighted by molar-refractivity contribution is 0.785. The molecular weight excluding hydrogens is 769 g/mol. The van der Waals surface area contributed by atoms with Gasteiger partial charge in [0.05, 0.1) is 6.04 Å². The lowest BCUT2D eigenvalue weighted by atomic mass is 10.0. The Morgan fingerprint density at radius 2 is 0.587 bits per heavy atom. The number of allylic oxidation sites excluding steroid dienone is 2. The maximum atomic E-state index is 5.16. The number of benzene rings is 8. The molecule has 1 heterocycles. The number of hydrogen-bond donors (Lipinski definition) is 0. The number of anilines is 8.